The first kappa shape index (κ1) is 36.1. The molecule has 0 aliphatic rings. The molecule has 0 amide bonds. The van der Waals surface area contributed by atoms with Gasteiger partial charge in [0.25, 0.3) is 0 Å². The molecular formula is C34H66O3. The molecule has 0 unspecified atom stereocenters. The van der Waals surface area contributed by atoms with Gasteiger partial charge in [-0.3, -0.25) is 9.59 Å². The fourth-order valence-corrected chi connectivity index (χ4v) is 5.16. The van der Waals surface area contributed by atoms with E-state index in [1.807, 2.05) is 0 Å². The fraction of sp³-hybridized carbons (Fsp3) is 0.941. The molecule has 220 valence electrons. The molecule has 0 N–H and O–H groups in total. The van der Waals surface area contributed by atoms with Crippen LogP contribution in [0.4, 0.5) is 0 Å². The highest BCUT2D eigenvalue weighted by molar-refractivity contribution is 5.85. The Morgan fingerprint density at radius 2 is 0.514 bits per heavy atom. The number of hydrogen-bond donors (Lipinski definition) is 0. The van der Waals surface area contributed by atoms with Crippen LogP contribution in [-0.4, -0.2) is 11.9 Å². The van der Waals surface area contributed by atoms with Crippen molar-refractivity contribution in [3.63, 3.8) is 0 Å². The Morgan fingerprint density at radius 3 is 0.730 bits per heavy atom. The van der Waals surface area contributed by atoms with Crippen LogP contribution in [0.15, 0.2) is 0 Å². The van der Waals surface area contributed by atoms with Gasteiger partial charge >= 0.3 is 11.9 Å². The first-order valence-corrected chi connectivity index (χ1v) is 16.9. The molecule has 0 radical (unpaired) electrons. The minimum atomic E-state index is -0.328. The van der Waals surface area contributed by atoms with Gasteiger partial charge in [0.15, 0.2) is 0 Å². The van der Waals surface area contributed by atoms with Gasteiger partial charge in [-0.1, -0.05) is 181 Å². The predicted molar refractivity (Wildman–Crippen MR) is 161 cm³/mol. The summed E-state index contributed by atoms with van der Waals surface area (Å²) in [6, 6.07) is 0. The predicted octanol–water partition coefficient (Wildman–Crippen LogP) is 11.8. The Morgan fingerprint density at radius 1 is 0.324 bits per heavy atom. The number of esters is 2. The lowest BCUT2D eigenvalue weighted by molar-refractivity contribution is -0.159. The smallest absolute Gasteiger partial charge is 0.313 e. The van der Waals surface area contributed by atoms with E-state index in [4.69, 9.17) is 4.74 Å². The molecule has 0 bridgehead atoms. The van der Waals surface area contributed by atoms with Crippen molar-refractivity contribution < 1.29 is 14.3 Å². The molecule has 0 aromatic heterocycles. The Bertz CT molecular complexity index is 474. The monoisotopic (exact) mass is 523 g/mol. The second-order valence-electron chi connectivity index (χ2n) is 11.5. The van der Waals surface area contributed by atoms with Crippen molar-refractivity contribution in [3.05, 3.63) is 0 Å². The van der Waals surface area contributed by atoms with E-state index in [2.05, 4.69) is 13.8 Å². The van der Waals surface area contributed by atoms with Gasteiger partial charge in [-0.05, 0) is 12.8 Å². The van der Waals surface area contributed by atoms with Crippen LogP contribution >= 0.6 is 0 Å². The van der Waals surface area contributed by atoms with Gasteiger partial charge in [-0.2, -0.15) is 0 Å². The molecule has 3 heteroatoms. The van der Waals surface area contributed by atoms with Gasteiger partial charge in [-0.15, -0.1) is 0 Å². The molecule has 0 rings (SSSR count). The second-order valence-corrected chi connectivity index (χ2v) is 11.5. The summed E-state index contributed by atoms with van der Waals surface area (Å²) in [5.41, 5.74) is 0. The average molecular weight is 523 g/mol. The first-order chi connectivity index (χ1) is 18.2. The quantitative estimate of drug-likeness (QED) is 0.0535. The summed E-state index contributed by atoms with van der Waals surface area (Å²) >= 11 is 0. The molecule has 0 saturated carbocycles. The van der Waals surface area contributed by atoms with Gasteiger partial charge in [0, 0.05) is 12.8 Å². The van der Waals surface area contributed by atoms with Crippen molar-refractivity contribution in [1.82, 2.24) is 0 Å². The normalized spacial score (nSPS) is 11.2. The fourth-order valence-electron chi connectivity index (χ4n) is 5.16. The van der Waals surface area contributed by atoms with Crippen molar-refractivity contribution in [2.24, 2.45) is 0 Å². The van der Waals surface area contributed by atoms with Crippen LogP contribution in [0.2, 0.25) is 0 Å². The SMILES string of the molecule is CCCCCCCCCCCCCCCCCCCCCC(=O)OC(=O)CCCCCCCCCCC. The maximum absolute atomic E-state index is 11.9. The summed E-state index contributed by atoms with van der Waals surface area (Å²) in [5.74, 6) is -0.654. The average Bonchev–Trinajstić information content (AvgIpc) is 2.89. The lowest BCUT2D eigenvalue weighted by atomic mass is 10.0. The molecule has 0 aromatic carbocycles. The Kier molecular flexibility index (Phi) is 30.6. The lowest BCUT2D eigenvalue weighted by Gasteiger charge is -2.05. The number of carbonyl (C=O) groups excluding carboxylic acids is 2. The first-order valence-electron chi connectivity index (χ1n) is 16.9. The van der Waals surface area contributed by atoms with Crippen LogP contribution in [0, 0.1) is 0 Å². The van der Waals surface area contributed by atoms with Gasteiger partial charge < -0.3 is 4.74 Å². The van der Waals surface area contributed by atoms with E-state index in [1.165, 1.54) is 154 Å². The zero-order valence-corrected chi connectivity index (χ0v) is 25.4. The van der Waals surface area contributed by atoms with Crippen molar-refractivity contribution in [2.45, 2.75) is 206 Å². The number of rotatable bonds is 30. The third-order valence-corrected chi connectivity index (χ3v) is 7.70. The second kappa shape index (κ2) is 31.4. The lowest BCUT2D eigenvalue weighted by Crippen LogP contribution is -2.11. The van der Waals surface area contributed by atoms with E-state index < -0.39 is 0 Å². The zero-order valence-electron chi connectivity index (χ0n) is 25.4. The molecule has 0 heterocycles. The Hall–Kier alpha value is -0.860. The Labute approximate surface area is 232 Å². The van der Waals surface area contributed by atoms with Crippen LogP contribution in [0.5, 0.6) is 0 Å². The van der Waals surface area contributed by atoms with Crippen molar-refractivity contribution >= 4 is 11.9 Å². The summed E-state index contributed by atoms with van der Waals surface area (Å²) in [7, 11) is 0. The molecule has 0 fully saturated rings. The summed E-state index contributed by atoms with van der Waals surface area (Å²) in [4.78, 5) is 23.7. The maximum Gasteiger partial charge on any atom is 0.313 e. The van der Waals surface area contributed by atoms with Crippen LogP contribution in [0.25, 0.3) is 0 Å². The largest absolute Gasteiger partial charge is 0.393 e. The Balaban J connectivity index is 3.25. The van der Waals surface area contributed by atoms with Crippen LogP contribution in [-0.2, 0) is 14.3 Å². The highest BCUT2D eigenvalue weighted by Crippen LogP contribution is 2.15. The third-order valence-electron chi connectivity index (χ3n) is 7.70. The van der Waals surface area contributed by atoms with E-state index in [-0.39, 0.29) is 11.9 Å². The van der Waals surface area contributed by atoms with E-state index in [1.54, 1.807) is 0 Å². The van der Waals surface area contributed by atoms with Crippen molar-refractivity contribution in [3.8, 4) is 0 Å². The molecule has 0 saturated heterocycles. The minimum absolute atomic E-state index is 0.326. The number of unbranched alkanes of at least 4 members (excludes halogenated alkanes) is 26. The van der Waals surface area contributed by atoms with Gasteiger partial charge in [0.2, 0.25) is 0 Å². The molecule has 0 spiro atoms. The highest BCUT2D eigenvalue weighted by atomic mass is 16.6. The summed E-state index contributed by atoms with van der Waals surface area (Å²) in [6.07, 6.45) is 37.3. The molecule has 3 nitrogen and oxygen atoms in total. The van der Waals surface area contributed by atoms with Crippen molar-refractivity contribution in [1.29, 1.82) is 0 Å². The standard InChI is InChI=1S/C34H66O3/c1-3-5-7-9-11-13-14-15-16-17-18-19-20-21-22-24-26-28-30-32-34(36)37-33(35)31-29-27-25-23-12-10-8-6-4-2/h3-32H2,1-2H3. The third kappa shape index (κ3) is 31.3. The van der Waals surface area contributed by atoms with Gasteiger partial charge in [0.1, 0.15) is 0 Å². The van der Waals surface area contributed by atoms with Gasteiger partial charge in [-0.25, -0.2) is 0 Å². The molecule has 0 aromatic rings. The molecule has 0 aliphatic carbocycles. The zero-order chi connectivity index (χ0) is 27.1. The van der Waals surface area contributed by atoms with E-state index in [0.29, 0.717) is 12.8 Å². The van der Waals surface area contributed by atoms with Crippen LogP contribution in [0.3, 0.4) is 0 Å². The molecular weight excluding hydrogens is 456 g/mol. The minimum Gasteiger partial charge on any atom is -0.393 e. The maximum atomic E-state index is 11.9. The number of ether oxygens (including phenoxy) is 1. The molecule has 37 heavy (non-hydrogen) atoms. The van der Waals surface area contributed by atoms with Crippen LogP contribution in [0.1, 0.15) is 206 Å². The summed E-state index contributed by atoms with van der Waals surface area (Å²) in [6.45, 7) is 4.53. The summed E-state index contributed by atoms with van der Waals surface area (Å²) in [5, 5.41) is 0. The van der Waals surface area contributed by atoms with Crippen LogP contribution < -0.4 is 0 Å². The molecule has 0 atom stereocenters. The highest BCUT2D eigenvalue weighted by Gasteiger charge is 2.09. The topological polar surface area (TPSA) is 43.4 Å². The number of carbonyl (C=O) groups is 2. The van der Waals surface area contributed by atoms with E-state index in [9.17, 15) is 9.59 Å². The van der Waals surface area contributed by atoms with E-state index >= 15 is 0 Å². The van der Waals surface area contributed by atoms with Crippen molar-refractivity contribution in [2.75, 3.05) is 0 Å². The summed E-state index contributed by atoms with van der Waals surface area (Å²) < 4.78 is 4.98. The molecule has 0 aliphatic heterocycles. The van der Waals surface area contributed by atoms with E-state index in [0.717, 1.165) is 25.7 Å². The number of hydrogen-bond acceptors (Lipinski definition) is 3. The van der Waals surface area contributed by atoms with Gasteiger partial charge in [0.05, 0.1) is 0 Å².